The van der Waals surface area contributed by atoms with E-state index in [9.17, 15) is 14.4 Å². The van der Waals surface area contributed by atoms with Gasteiger partial charge >= 0.3 is 0 Å². The maximum atomic E-state index is 14.1. The van der Waals surface area contributed by atoms with Crippen molar-refractivity contribution in [2.45, 2.75) is 81.4 Å². The van der Waals surface area contributed by atoms with Gasteiger partial charge < -0.3 is 20.9 Å². The molecule has 1 unspecified atom stereocenters. The van der Waals surface area contributed by atoms with Crippen molar-refractivity contribution in [1.82, 2.24) is 20.9 Å². The third-order valence-corrected chi connectivity index (χ3v) is 9.85. The summed E-state index contributed by atoms with van der Waals surface area (Å²) < 4.78 is 0. The van der Waals surface area contributed by atoms with E-state index in [1.165, 1.54) is 16.7 Å². The highest BCUT2D eigenvalue weighted by molar-refractivity contribution is 7.99. The first-order valence-corrected chi connectivity index (χ1v) is 15.3. The molecule has 2 heterocycles. The highest BCUT2D eigenvalue weighted by Gasteiger charge is 2.50. The van der Waals surface area contributed by atoms with Crippen LogP contribution in [-0.4, -0.2) is 58.9 Å². The van der Waals surface area contributed by atoms with Gasteiger partial charge in [-0.25, -0.2) is 0 Å². The number of rotatable bonds is 8. The molecule has 2 fully saturated rings. The van der Waals surface area contributed by atoms with Gasteiger partial charge in [0, 0.05) is 0 Å². The molecule has 208 valence electrons. The second-order valence-corrected chi connectivity index (χ2v) is 12.3. The SMILES string of the molecule is CN[C@@H](C)C(=O)N[C@H]1CCS[C@H]2CC(CCc3ccccc3)[C@@H](C(=O)N[C@@H]3CCCc4ccccc43)N2C1=O. The van der Waals surface area contributed by atoms with Gasteiger partial charge in [0.2, 0.25) is 17.7 Å². The molecular weight excluding hydrogens is 508 g/mol. The summed E-state index contributed by atoms with van der Waals surface area (Å²) in [4.78, 5) is 42.6. The Morgan fingerprint density at radius 2 is 1.79 bits per heavy atom. The van der Waals surface area contributed by atoms with E-state index in [1.54, 1.807) is 25.7 Å². The number of nitrogens with zero attached hydrogens (tertiary/aromatic N) is 1. The van der Waals surface area contributed by atoms with Crippen LogP contribution in [0.2, 0.25) is 0 Å². The smallest absolute Gasteiger partial charge is 0.246 e. The van der Waals surface area contributed by atoms with E-state index < -0.39 is 18.1 Å². The van der Waals surface area contributed by atoms with Crippen LogP contribution < -0.4 is 16.0 Å². The van der Waals surface area contributed by atoms with Crippen LogP contribution in [0.25, 0.3) is 0 Å². The highest BCUT2D eigenvalue weighted by Crippen LogP contribution is 2.42. The maximum Gasteiger partial charge on any atom is 0.246 e. The summed E-state index contributed by atoms with van der Waals surface area (Å²) in [6.07, 6.45) is 6.01. The van der Waals surface area contributed by atoms with Crippen molar-refractivity contribution < 1.29 is 14.4 Å². The van der Waals surface area contributed by atoms with E-state index >= 15 is 0 Å². The van der Waals surface area contributed by atoms with Crippen molar-refractivity contribution in [3.8, 4) is 0 Å². The Bertz CT molecular complexity index is 1180. The van der Waals surface area contributed by atoms with Crippen LogP contribution in [-0.2, 0) is 27.2 Å². The lowest BCUT2D eigenvalue weighted by molar-refractivity contribution is -0.143. The summed E-state index contributed by atoms with van der Waals surface area (Å²) in [6, 6.07) is 17.1. The quantitative estimate of drug-likeness (QED) is 0.469. The third kappa shape index (κ3) is 6.17. The van der Waals surface area contributed by atoms with Gasteiger partial charge in [-0.15, -0.1) is 11.8 Å². The Morgan fingerprint density at radius 1 is 1.03 bits per heavy atom. The summed E-state index contributed by atoms with van der Waals surface area (Å²) in [5, 5.41) is 9.21. The molecule has 5 rings (SSSR count). The van der Waals surface area contributed by atoms with E-state index in [4.69, 9.17) is 0 Å². The number of fused-ring (bicyclic) bond motifs is 2. The second kappa shape index (κ2) is 12.6. The minimum atomic E-state index is -0.621. The van der Waals surface area contributed by atoms with Gasteiger partial charge in [-0.3, -0.25) is 14.4 Å². The molecule has 39 heavy (non-hydrogen) atoms. The van der Waals surface area contributed by atoms with E-state index in [0.29, 0.717) is 6.42 Å². The number of likely N-dealkylation sites (N-methyl/N-ethyl adjacent to an activating group) is 1. The van der Waals surface area contributed by atoms with Gasteiger partial charge in [-0.05, 0) is 87.3 Å². The number of benzene rings is 2. The van der Waals surface area contributed by atoms with Gasteiger partial charge in [-0.2, -0.15) is 0 Å². The number of amides is 3. The first kappa shape index (κ1) is 27.7. The van der Waals surface area contributed by atoms with Crippen LogP contribution in [0.15, 0.2) is 54.6 Å². The topological polar surface area (TPSA) is 90.5 Å². The number of carbonyl (C=O) groups is 3. The Balaban J connectivity index is 1.39. The number of carbonyl (C=O) groups excluding carboxylic acids is 3. The standard InChI is InChI=1S/C31H40N4O3S/c1-20(32-2)29(36)34-26-17-18-39-27-19-23(16-15-21-9-4-3-5-10-21)28(35(27)31(26)38)30(37)33-25-14-8-12-22-11-6-7-13-24(22)25/h3-7,9-11,13,20,23,25-28,32H,8,12,14-19H2,1-2H3,(H,33,37)(H,34,36)/t20-,23?,25+,26-,27-,28-/m0/s1. The van der Waals surface area contributed by atoms with Gasteiger partial charge in [0.1, 0.15) is 12.1 Å². The Labute approximate surface area is 235 Å². The van der Waals surface area contributed by atoms with Gasteiger partial charge in [0.25, 0.3) is 0 Å². The number of nitrogens with one attached hydrogen (secondary N) is 3. The lowest BCUT2D eigenvalue weighted by atomic mass is 9.87. The minimum absolute atomic E-state index is 0.0435. The fourth-order valence-corrected chi connectivity index (χ4v) is 7.72. The first-order chi connectivity index (χ1) is 19.0. The fourth-order valence-electron chi connectivity index (χ4n) is 6.30. The van der Waals surface area contributed by atoms with Crippen molar-refractivity contribution in [2.75, 3.05) is 12.8 Å². The van der Waals surface area contributed by atoms with E-state index in [0.717, 1.165) is 44.3 Å². The third-order valence-electron chi connectivity index (χ3n) is 8.57. The number of aryl methyl sites for hydroxylation is 2. The Hall–Kier alpha value is -2.84. The van der Waals surface area contributed by atoms with Gasteiger partial charge in [0.05, 0.1) is 17.5 Å². The molecule has 3 N–H and O–H groups in total. The minimum Gasteiger partial charge on any atom is -0.347 e. The van der Waals surface area contributed by atoms with Crippen molar-refractivity contribution >= 4 is 29.5 Å². The fraction of sp³-hybridized carbons (Fsp3) is 0.516. The summed E-state index contributed by atoms with van der Waals surface area (Å²) in [6.45, 7) is 1.78. The van der Waals surface area contributed by atoms with Crippen LogP contribution in [0.1, 0.15) is 61.8 Å². The lowest BCUT2D eigenvalue weighted by Crippen LogP contribution is -2.57. The molecule has 3 amide bonds. The zero-order valence-electron chi connectivity index (χ0n) is 22.9. The average Bonchev–Trinajstić information content (AvgIpc) is 3.26. The molecule has 2 aromatic carbocycles. The van der Waals surface area contributed by atoms with Crippen LogP contribution in [0.3, 0.4) is 0 Å². The van der Waals surface area contributed by atoms with Crippen molar-refractivity contribution in [3.05, 3.63) is 71.3 Å². The number of hydrogen-bond acceptors (Lipinski definition) is 5. The molecule has 0 spiro atoms. The molecular formula is C31H40N4O3S. The predicted octanol–water partition coefficient (Wildman–Crippen LogP) is 3.59. The largest absolute Gasteiger partial charge is 0.347 e. The molecule has 1 aliphatic carbocycles. The van der Waals surface area contributed by atoms with E-state index in [2.05, 4.69) is 46.3 Å². The van der Waals surface area contributed by atoms with Crippen molar-refractivity contribution in [3.63, 3.8) is 0 Å². The molecule has 2 aliphatic heterocycles. The molecule has 0 aromatic heterocycles. The molecule has 7 nitrogen and oxygen atoms in total. The predicted molar refractivity (Wildman–Crippen MR) is 155 cm³/mol. The van der Waals surface area contributed by atoms with Crippen LogP contribution in [0, 0.1) is 5.92 Å². The Morgan fingerprint density at radius 3 is 2.59 bits per heavy atom. The molecule has 2 aromatic rings. The Kier molecular flexibility index (Phi) is 8.92. The zero-order valence-corrected chi connectivity index (χ0v) is 23.7. The first-order valence-electron chi connectivity index (χ1n) is 14.3. The lowest BCUT2D eigenvalue weighted by Gasteiger charge is -2.34. The zero-order chi connectivity index (χ0) is 27.4. The van der Waals surface area contributed by atoms with Gasteiger partial charge in [0.15, 0.2) is 0 Å². The summed E-state index contributed by atoms with van der Waals surface area (Å²) in [7, 11) is 1.73. The van der Waals surface area contributed by atoms with Crippen LogP contribution >= 0.6 is 11.8 Å². The van der Waals surface area contributed by atoms with Crippen LogP contribution in [0.5, 0.6) is 0 Å². The van der Waals surface area contributed by atoms with Crippen LogP contribution in [0.4, 0.5) is 0 Å². The molecule has 0 saturated carbocycles. The average molecular weight is 549 g/mol. The summed E-state index contributed by atoms with van der Waals surface area (Å²) >= 11 is 1.74. The van der Waals surface area contributed by atoms with E-state index in [1.807, 2.05) is 29.2 Å². The maximum absolute atomic E-state index is 14.1. The monoisotopic (exact) mass is 548 g/mol. The molecule has 8 heteroatoms. The normalized spacial score (nSPS) is 27.2. The molecule has 0 radical (unpaired) electrons. The highest BCUT2D eigenvalue weighted by atomic mass is 32.2. The van der Waals surface area contributed by atoms with Crippen molar-refractivity contribution in [1.29, 1.82) is 0 Å². The molecule has 3 aliphatic rings. The molecule has 0 bridgehead atoms. The van der Waals surface area contributed by atoms with Gasteiger partial charge in [-0.1, -0.05) is 54.6 Å². The number of hydrogen-bond donors (Lipinski definition) is 3. The molecule has 2 saturated heterocycles. The van der Waals surface area contributed by atoms with E-state index in [-0.39, 0.29) is 35.1 Å². The van der Waals surface area contributed by atoms with Crippen molar-refractivity contribution in [2.24, 2.45) is 5.92 Å². The number of thioether (sulfide) groups is 1. The summed E-state index contributed by atoms with van der Waals surface area (Å²) in [5.41, 5.74) is 3.72. The summed E-state index contributed by atoms with van der Waals surface area (Å²) in [5.74, 6) is 0.423. The molecule has 6 atom stereocenters. The second-order valence-electron chi connectivity index (χ2n) is 11.0.